The van der Waals surface area contributed by atoms with Crippen LogP contribution in [-0.4, -0.2) is 0 Å². The van der Waals surface area contributed by atoms with Gasteiger partial charge in [-0.25, -0.2) is 12.1 Å². The van der Waals surface area contributed by atoms with Crippen molar-refractivity contribution in [2.24, 2.45) is 0 Å². The van der Waals surface area contributed by atoms with E-state index in [0.717, 1.165) is 0 Å². The molecule has 13 heavy (non-hydrogen) atoms. The Bertz CT molecular complexity index is 165. The minimum absolute atomic E-state index is 0.826. The second-order valence-electron chi connectivity index (χ2n) is 2.00. The van der Waals surface area contributed by atoms with Crippen molar-refractivity contribution in [2.45, 2.75) is 0 Å². The molecular formula is C10H10Cl2Zr-6. The van der Waals surface area contributed by atoms with Crippen molar-refractivity contribution in [2.75, 3.05) is 0 Å². The third-order valence-corrected chi connectivity index (χ3v) is 1.11. The molecule has 0 aliphatic heterocycles. The van der Waals surface area contributed by atoms with Gasteiger partial charge in [0.15, 0.2) is 0 Å². The van der Waals surface area contributed by atoms with E-state index in [1.165, 1.54) is 0 Å². The molecule has 0 saturated heterocycles. The maximum Gasteiger partial charge on any atom is -0.172 e. The van der Waals surface area contributed by atoms with Crippen LogP contribution in [0.2, 0.25) is 0 Å². The Labute approximate surface area is 97.9 Å². The fraction of sp³-hybridized carbons (Fsp3) is 0. The first-order valence-corrected chi connectivity index (χ1v) is 10.0. The Morgan fingerprint density at radius 3 is 1.23 bits per heavy atom. The van der Waals surface area contributed by atoms with Crippen LogP contribution in [0, 0.1) is 0 Å². The second kappa shape index (κ2) is 12.2. The fourth-order valence-corrected chi connectivity index (χ4v) is 0.642. The molecule has 3 heteroatoms. The first kappa shape index (κ1) is 13.2. The maximum absolute atomic E-state index is 4.93. The van der Waals surface area contributed by atoms with Gasteiger partial charge in [0.05, 0.1) is 0 Å². The van der Waals surface area contributed by atoms with E-state index in [4.69, 9.17) is 17.0 Å². The van der Waals surface area contributed by atoms with E-state index >= 15 is 0 Å². The molecule has 0 bridgehead atoms. The summed E-state index contributed by atoms with van der Waals surface area (Å²) in [4.78, 5) is 0. The van der Waals surface area contributed by atoms with Crippen molar-refractivity contribution in [3.8, 4) is 0 Å². The molecule has 0 nitrogen and oxygen atoms in total. The van der Waals surface area contributed by atoms with Gasteiger partial charge in [0, 0.05) is 0 Å². The molecule has 0 saturated carbocycles. The van der Waals surface area contributed by atoms with E-state index in [1.54, 1.807) is 0 Å². The number of rotatable bonds is 0. The van der Waals surface area contributed by atoms with Gasteiger partial charge < -0.3 is 30.3 Å². The molecule has 0 atom stereocenters. The summed E-state index contributed by atoms with van der Waals surface area (Å²) in [6.07, 6.45) is 0. The number of hydrogen-bond donors (Lipinski definition) is 0. The van der Waals surface area contributed by atoms with Crippen LogP contribution in [-0.2, 0) is 20.8 Å². The summed E-state index contributed by atoms with van der Waals surface area (Å²) in [7, 11) is 9.87. The zero-order chi connectivity index (χ0) is 9.78. The molecule has 0 aliphatic carbocycles. The Hall–Kier alpha value is 0.163. The summed E-state index contributed by atoms with van der Waals surface area (Å²) < 4.78 is 0. The fourth-order valence-electron chi connectivity index (χ4n) is 0.642. The van der Waals surface area contributed by atoms with Crippen LogP contribution in [0.5, 0.6) is 0 Å². The minimum Gasteiger partial charge on any atom is -0.748 e. The van der Waals surface area contributed by atoms with Gasteiger partial charge in [-0.05, 0) is 0 Å². The number of halogens is 2. The van der Waals surface area contributed by atoms with E-state index in [0.29, 0.717) is 0 Å². The topological polar surface area (TPSA) is 0 Å². The van der Waals surface area contributed by atoms with Gasteiger partial charge in [-0.2, -0.15) is 18.2 Å². The van der Waals surface area contributed by atoms with Crippen molar-refractivity contribution in [3.05, 3.63) is 60.7 Å². The predicted octanol–water partition coefficient (Wildman–Crippen LogP) is 4.19. The van der Waals surface area contributed by atoms with Crippen LogP contribution in [0.15, 0.2) is 60.7 Å². The molecule has 0 heterocycles. The molecule has 0 aromatic heterocycles. The SMILES string of the molecule is [Cl][Zr][Cl].[cH-]1[cH-][cH-][cH-][cH-]1.c1cc[cH-]c1. The molecule has 0 amide bonds. The van der Waals surface area contributed by atoms with Crippen molar-refractivity contribution < 1.29 is 20.8 Å². The van der Waals surface area contributed by atoms with Gasteiger partial charge >= 0.3 is 37.9 Å². The van der Waals surface area contributed by atoms with Crippen molar-refractivity contribution >= 4 is 17.0 Å². The van der Waals surface area contributed by atoms with E-state index in [-0.39, 0.29) is 0 Å². The summed E-state index contributed by atoms with van der Waals surface area (Å²) in [6, 6.07) is 20.0. The predicted molar refractivity (Wildman–Crippen MR) is 55.8 cm³/mol. The van der Waals surface area contributed by atoms with Crippen LogP contribution < -0.4 is 0 Å². The van der Waals surface area contributed by atoms with Crippen molar-refractivity contribution in [1.29, 1.82) is 0 Å². The first-order chi connectivity index (χ1) is 6.41. The summed E-state index contributed by atoms with van der Waals surface area (Å²) >= 11 is -0.826. The summed E-state index contributed by atoms with van der Waals surface area (Å²) in [5, 5.41) is 0. The normalized spacial score (nSPS) is 7.23. The van der Waals surface area contributed by atoms with Gasteiger partial charge in [-0.3, -0.25) is 0 Å². The van der Waals surface area contributed by atoms with Crippen LogP contribution in [0.1, 0.15) is 0 Å². The zero-order valence-corrected chi connectivity index (χ0v) is 11.0. The van der Waals surface area contributed by atoms with Crippen LogP contribution >= 0.6 is 17.0 Å². The van der Waals surface area contributed by atoms with Crippen molar-refractivity contribution in [3.63, 3.8) is 0 Å². The standard InChI is InChI=1S/2C5H5.2ClH.Zr/c2*1-2-4-5-3-1;;;/h2*1-5H;2*1H;/q-5;-1;;;+2/p-2. The number of hydrogen-bond acceptors (Lipinski definition) is 0. The van der Waals surface area contributed by atoms with E-state index in [1.807, 2.05) is 60.7 Å². The third kappa shape index (κ3) is 12.2. The molecule has 0 radical (unpaired) electrons. The average Bonchev–Trinajstić information content (AvgIpc) is 2.85. The Morgan fingerprint density at radius 2 is 1.08 bits per heavy atom. The molecule has 2 aromatic carbocycles. The largest absolute Gasteiger partial charge is 0.748 e. The van der Waals surface area contributed by atoms with Gasteiger partial charge in [0.2, 0.25) is 0 Å². The molecule has 2 aromatic rings. The molecular weight excluding hydrogens is 282 g/mol. The van der Waals surface area contributed by atoms with E-state index < -0.39 is 20.8 Å². The van der Waals surface area contributed by atoms with E-state index in [9.17, 15) is 0 Å². The average molecular weight is 292 g/mol. The first-order valence-electron chi connectivity index (χ1n) is 3.71. The zero-order valence-electron chi connectivity index (χ0n) is 7.03. The van der Waals surface area contributed by atoms with Gasteiger partial charge in [0.25, 0.3) is 0 Å². The Morgan fingerprint density at radius 1 is 0.769 bits per heavy atom. The summed E-state index contributed by atoms with van der Waals surface area (Å²) in [6.45, 7) is 0. The Kier molecular flexibility index (Phi) is 12.3. The smallest absolute Gasteiger partial charge is 0.172 e. The van der Waals surface area contributed by atoms with Gasteiger partial charge in [-0.1, -0.05) is 0 Å². The summed E-state index contributed by atoms with van der Waals surface area (Å²) in [5.41, 5.74) is 0. The van der Waals surface area contributed by atoms with Gasteiger partial charge in [0.1, 0.15) is 0 Å². The van der Waals surface area contributed by atoms with Gasteiger partial charge in [-0.15, -0.1) is 0 Å². The molecule has 74 valence electrons. The quantitative estimate of drug-likeness (QED) is 0.639. The van der Waals surface area contributed by atoms with Crippen LogP contribution in [0.3, 0.4) is 0 Å². The molecule has 0 aliphatic rings. The molecule has 0 spiro atoms. The molecule has 0 unspecified atom stereocenters. The maximum atomic E-state index is 4.93. The minimum atomic E-state index is -0.826. The third-order valence-electron chi connectivity index (χ3n) is 1.11. The molecule has 0 fully saturated rings. The molecule has 0 N–H and O–H groups in total. The van der Waals surface area contributed by atoms with Crippen molar-refractivity contribution in [1.82, 2.24) is 0 Å². The van der Waals surface area contributed by atoms with E-state index in [2.05, 4.69) is 0 Å². The second-order valence-corrected chi connectivity index (χ2v) is 5.73. The molecule has 2 rings (SSSR count). The van der Waals surface area contributed by atoms with Crippen LogP contribution in [0.4, 0.5) is 0 Å². The van der Waals surface area contributed by atoms with Crippen LogP contribution in [0.25, 0.3) is 0 Å². The summed E-state index contributed by atoms with van der Waals surface area (Å²) in [5.74, 6) is 0. The Balaban J connectivity index is 0.000000174. The monoisotopic (exact) mass is 290 g/mol.